The van der Waals surface area contributed by atoms with Gasteiger partial charge in [-0.15, -0.1) is 12.4 Å². The van der Waals surface area contributed by atoms with Crippen LogP contribution in [-0.4, -0.2) is 48.0 Å². The van der Waals surface area contributed by atoms with Gasteiger partial charge in [-0.05, 0) is 24.7 Å². The van der Waals surface area contributed by atoms with Crippen molar-refractivity contribution in [1.29, 1.82) is 0 Å². The van der Waals surface area contributed by atoms with E-state index in [0.717, 1.165) is 11.8 Å². The molecule has 0 bridgehead atoms. The first-order valence-corrected chi connectivity index (χ1v) is 5.37. The Balaban J connectivity index is 0. The summed E-state index contributed by atoms with van der Waals surface area (Å²) in [4.78, 5) is 4.47. The molecule has 2 nitrogen and oxygen atoms in total. The van der Waals surface area contributed by atoms with Crippen molar-refractivity contribution in [2.24, 2.45) is 16.8 Å². The fourth-order valence-corrected chi connectivity index (χ4v) is 1.89. The predicted molar refractivity (Wildman–Crippen MR) is 71.1 cm³/mol. The van der Waals surface area contributed by atoms with Crippen LogP contribution in [0.4, 0.5) is 0 Å². The van der Waals surface area contributed by atoms with Crippen molar-refractivity contribution in [2.75, 3.05) is 0 Å². The van der Waals surface area contributed by atoms with E-state index in [2.05, 4.69) is 38.0 Å². The molecule has 0 aromatic rings. The van der Waals surface area contributed by atoms with Crippen molar-refractivity contribution in [1.82, 2.24) is 5.32 Å². The Bertz CT molecular complexity index is 183. The normalized spacial score (nSPS) is 23.6. The van der Waals surface area contributed by atoms with Crippen LogP contribution in [-0.2, 0) is 0 Å². The molecule has 1 heterocycles. The van der Waals surface area contributed by atoms with E-state index < -0.39 is 0 Å². The van der Waals surface area contributed by atoms with Crippen LogP contribution in [0.5, 0.6) is 0 Å². The van der Waals surface area contributed by atoms with E-state index in [1.54, 1.807) is 0 Å². The monoisotopic (exact) mass is 241 g/mol. The van der Waals surface area contributed by atoms with Crippen LogP contribution in [0.25, 0.3) is 0 Å². The van der Waals surface area contributed by atoms with Gasteiger partial charge in [-0.2, -0.15) is 0 Å². The summed E-state index contributed by atoms with van der Waals surface area (Å²) in [6.07, 6.45) is 4.33. The molecule has 2 unspecified atom stereocenters. The van der Waals surface area contributed by atoms with Crippen molar-refractivity contribution in [3.8, 4) is 0 Å². The number of hydrogen-bond donors (Lipinski definition) is 1. The first kappa shape index (κ1) is 18.1. The maximum Gasteiger partial charge on any atom is 0.0831 e. The van der Waals surface area contributed by atoms with E-state index in [9.17, 15) is 0 Å². The molecule has 4 heteroatoms. The molecule has 0 saturated heterocycles. The van der Waals surface area contributed by atoms with E-state index >= 15 is 0 Å². The van der Waals surface area contributed by atoms with E-state index in [0.29, 0.717) is 12.1 Å². The summed E-state index contributed by atoms with van der Waals surface area (Å²) in [6.45, 7) is 9.07. The third-order valence-electron chi connectivity index (χ3n) is 2.46. The average molecular weight is 242 g/mol. The van der Waals surface area contributed by atoms with Gasteiger partial charge in [0.05, 0.1) is 12.4 Å². The Morgan fingerprint density at radius 1 is 1.13 bits per heavy atom. The molecule has 0 amide bonds. The summed E-state index contributed by atoms with van der Waals surface area (Å²) >= 11 is 0. The SMILES string of the molecule is CC(C)CC1N=CNC1CC(C)C.Cl.[Na]. The van der Waals surface area contributed by atoms with Gasteiger partial charge >= 0.3 is 0 Å². The zero-order valence-electron chi connectivity index (χ0n) is 10.7. The van der Waals surface area contributed by atoms with E-state index in [-0.39, 0.29) is 42.0 Å². The number of hydrogen-bond acceptors (Lipinski definition) is 2. The standard InChI is InChI=1S/C11H22N2.ClH.Na/c1-8(2)5-10-11(6-9(3)4)13-7-12-10;;/h7-11H,5-6H2,1-4H3,(H,12,13);1H;. The third kappa shape index (κ3) is 6.83. The molecule has 85 valence electrons. The molecule has 0 fully saturated rings. The largest absolute Gasteiger partial charge is 0.372 e. The Kier molecular flexibility index (Phi) is 10.7. The summed E-state index contributed by atoms with van der Waals surface area (Å²) in [5.41, 5.74) is 0. The van der Waals surface area contributed by atoms with Crippen molar-refractivity contribution in [3.63, 3.8) is 0 Å². The Hall–Kier alpha value is 0.760. The number of nitrogens with one attached hydrogen (secondary N) is 1. The minimum atomic E-state index is 0. The van der Waals surface area contributed by atoms with Gasteiger partial charge in [0.2, 0.25) is 0 Å². The van der Waals surface area contributed by atoms with Crippen LogP contribution in [0, 0.1) is 11.8 Å². The summed E-state index contributed by atoms with van der Waals surface area (Å²) in [5.74, 6) is 1.51. The zero-order chi connectivity index (χ0) is 9.84. The van der Waals surface area contributed by atoms with Gasteiger partial charge in [-0.1, -0.05) is 27.7 Å². The summed E-state index contributed by atoms with van der Waals surface area (Å²) in [6, 6.07) is 1.10. The average Bonchev–Trinajstić information content (AvgIpc) is 2.34. The number of aliphatic imine (C=N–C) groups is 1. The molecule has 1 aliphatic heterocycles. The minimum Gasteiger partial charge on any atom is -0.372 e. The van der Waals surface area contributed by atoms with E-state index in [1.165, 1.54) is 12.8 Å². The molecule has 0 spiro atoms. The van der Waals surface area contributed by atoms with Crippen LogP contribution in [0.1, 0.15) is 40.5 Å². The molecule has 15 heavy (non-hydrogen) atoms. The van der Waals surface area contributed by atoms with Gasteiger partial charge in [0, 0.05) is 35.6 Å². The second kappa shape index (κ2) is 8.86. The molecule has 0 aliphatic carbocycles. The Morgan fingerprint density at radius 2 is 1.67 bits per heavy atom. The molecule has 1 rings (SSSR count). The van der Waals surface area contributed by atoms with Crippen LogP contribution in [0.15, 0.2) is 4.99 Å². The molecule has 1 aliphatic rings. The minimum absolute atomic E-state index is 0. The van der Waals surface area contributed by atoms with Gasteiger partial charge in [0.15, 0.2) is 0 Å². The van der Waals surface area contributed by atoms with Crippen molar-refractivity contribution >= 4 is 48.3 Å². The molecule has 1 N–H and O–H groups in total. The predicted octanol–water partition coefficient (Wildman–Crippen LogP) is 2.49. The number of rotatable bonds is 4. The zero-order valence-corrected chi connectivity index (χ0v) is 13.5. The summed E-state index contributed by atoms with van der Waals surface area (Å²) in [7, 11) is 0. The van der Waals surface area contributed by atoms with Crippen LogP contribution >= 0.6 is 12.4 Å². The fraction of sp³-hybridized carbons (Fsp3) is 0.909. The summed E-state index contributed by atoms with van der Waals surface area (Å²) in [5, 5.41) is 3.35. The molecular weight excluding hydrogens is 219 g/mol. The molecule has 0 aromatic carbocycles. The van der Waals surface area contributed by atoms with Crippen LogP contribution < -0.4 is 5.32 Å². The molecule has 2 atom stereocenters. The van der Waals surface area contributed by atoms with Gasteiger partial charge in [-0.25, -0.2) is 0 Å². The van der Waals surface area contributed by atoms with Crippen molar-refractivity contribution < 1.29 is 0 Å². The molecule has 0 aromatic heterocycles. The Labute approximate surface area is 122 Å². The number of halogens is 1. The summed E-state index contributed by atoms with van der Waals surface area (Å²) < 4.78 is 0. The topological polar surface area (TPSA) is 24.4 Å². The van der Waals surface area contributed by atoms with Gasteiger partial charge in [-0.3, -0.25) is 4.99 Å². The van der Waals surface area contributed by atoms with E-state index in [1.807, 2.05) is 6.34 Å². The van der Waals surface area contributed by atoms with Gasteiger partial charge < -0.3 is 5.32 Å². The van der Waals surface area contributed by atoms with Crippen molar-refractivity contribution in [3.05, 3.63) is 0 Å². The van der Waals surface area contributed by atoms with E-state index in [4.69, 9.17) is 0 Å². The van der Waals surface area contributed by atoms with Gasteiger partial charge in [0.1, 0.15) is 0 Å². The molecular formula is C11H23ClN2Na. The second-order valence-electron chi connectivity index (χ2n) is 4.88. The third-order valence-corrected chi connectivity index (χ3v) is 2.46. The van der Waals surface area contributed by atoms with Crippen LogP contribution in [0.3, 0.4) is 0 Å². The Morgan fingerprint density at radius 3 is 2.13 bits per heavy atom. The number of nitrogens with zero attached hydrogens (tertiary/aromatic N) is 1. The maximum atomic E-state index is 4.47. The second-order valence-corrected chi connectivity index (χ2v) is 4.88. The smallest absolute Gasteiger partial charge is 0.0831 e. The first-order chi connectivity index (χ1) is 6.09. The molecule has 1 radical (unpaired) electrons. The maximum absolute atomic E-state index is 4.47. The van der Waals surface area contributed by atoms with Crippen LogP contribution in [0.2, 0.25) is 0 Å². The fourth-order valence-electron chi connectivity index (χ4n) is 1.89. The molecule has 0 saturated carbocycles. The first-order valence-electron chi connectivity index (χ1n) is 5.37. The quantitative estimate of drug-likeness (QED) is 0.752. The van der Waals surface area contributed by atoms with Crippen molar-refractivity contribution in [2.45, 2.75) is 52.6 Å². The van der Waals surface area contributed by atoms with Gasteiger partial charge in [0.25, 0.3) is 0 Å².